The molecule has 76 valence electrons. The molecule has 0 aliphatic carbocycles. The summed E-state index contributed by atoms with van der Waals surface area (Å²) in [4.78, 5) is 15.1. The zero-order chi connectivity index (χ0) is 10.8. The molecule has 0 atom stereocenters. The summed E-state index contributed by atoms with van der Waals surface area (Å²) in [6.07, 6.45) is 0. The first-order chi connectivity index (χ1) is 7.18. The topological polar surface area (TPSA) is 34.9 Å². The number of halogens is 2. The van der Waals surface area contributed by atoms with E-state index in [0.717, 1.165) is 0 Å². The number of benzene rings is 1. The minimum atomic E-state index is -0.487. The third-order valence-electron chi connectivity index (χ3n) is 1.86. The second-order valence-electron chi connectivity index (χ2n) is 2.86. The van der Waals surface area contributed by atoms with Gasteiger partial charge in [-0.3, -0.25) is 4.57 Å². The van der Waals surface area contributed by atoms with Crippen LogP contribution in [-0.2, 0) is 0 Å². The van der Waals surface area contributed by atoms with Crippen LogP contribution in [0, 0.1) is 0 Å². The van der Waals surface area contributed by atoms with Gasteiger partial charge in [0.1, 0.15) is 10.3 Å². The highest BCUT2D eigenvalue weighted by atomic mass is 35.5. The summed E-state index contributed by atoms with van der Waals surface area (Å²) >= 11 is 11.5. The van der Waals surface area contributed by atoms with Crippen LogP contribution in [0.25, 0.3) is 5.69 Å². The minimum absolute atomic E-state index is 0.0946. The lowest BCUT2D eigenvalue weighted by atomic mass is 10.3. The Kier molecular flexibility index (Phi) is 2.75. The molecule has 2 rings (SSSR count). The number of hydrogen-bond donors (Lipinski definition) is 0. The highest BCUT2D eigenvalue weighted by molar-refractivity contribution is 6.33. The molecule has 0 amide bonds. The van der Waals surface area contributed by atoms with Crippen LogP contribution >= 0.6 is 23.2 Å². The molecule has 0 N–H and O–H groups in total. The molecular weight excluding hydrogens is 235 g/mol. The monoisotopic (exact) mass is 240 g/mol. The largest absolute Gasteiger partial charge is 0.354 e. The summed E-state index contributed by atoms with van der Waals surface area (Å²) in [5, 5.41) is 0.336. The number of hydrogen-bond acceptors (Lipinski definition) is 2. The summed E-state index contributed by atoms with van der Waals surface area (Å²) in [5.41, 5.74) is 0.176. The molecule has 0 saturated carbocycles. The maximum absolute atomic E-state index is 11.5. The van der Waals surface area contributed by atoms with E-state index in [9.17, 15) is 4.79 Å². The van der Waals surface area contributed by atoms with Crippen LogP contribution in [0.1, 0.15) is 0 Å². The Bertz CT molecular complexity index is 537. The summed E-state index contributed by atoms with van der Waals surface area (Å²) in [7, 11) is 0. The van der Waals surface area contributed by atoms with Gasteiger partial charge in [-0.2, -0.15) is 4.98 Å². The van der Waals surface area contributed by atoms with Crippen molar-refractivity contribution >= 4 is 23.2 Å². The highest BCUT2D eigenvalue weighted by Gasteiger charge is 2.06. The molecule has 3 nitrogen and oxygen atoms in total. The molecule has 0 radical (unpaired) electrons. The zero-order valence-electron chi connectivity index (χ0n) is 7.52. The SMILES string of the molecule is O=c1nc(Cl)cc(Cl)n1-c1ccccc1. The third kappa shape index (κ3) is 2.03. The molecule has 1 aromatic carbocycles. The standard InChI is InChI=1S/C10H6Cl2N2O/c11-8-6-9(12)14(10(15)13-8)7-4-2-1-3-5-7/h1-6H. The summed E-state index contributed by atoms with van der Waals surface area (Å²) in [6, 6.07) is 10.4. The van der Waals surface area contributed by atoms with Crippen LogP contribution in [0.15, 0.2) is 41.2 Å². The van der Waals surface area contributed by atoms with Gasteiger partial charge in [0.25, 0.3) is 0 Å². The zero-order valence-corrected chi connectivity index (χ0v) is 9.03. The number of nitrogens with zero attached hydrogens (tertiary/aromatic N) is 2. The first-order valence-electron chi connectivity index (χ1n) is 4.19. The Morgan fingerprint density at radius 1 is 1.13 bits per heavy atom. The van der Waals surface area contributed by atoms with Gasteiger partial charge in [0, 0.05) is 6.07 Å². The fourth-order valence-corrected chi connectivity index (χ4v) is 1.74. The lowest BCUT2D eigenvalue weighted by Crippen LogP contribution is -2.21. The molecule has 0 aliphatic heterocycles. The lowest BCUT2D eigenvalue weighted by molar-refractivity contribution is 0.915. The van der Waals surface area contributed by atoms with Gasteiger partial charge < -0.3 is 0 Å². The van der Waals surface area contributed by atoms with E-state index in [1.165, 1.54) is 10.6 Å². The average Bonchev–Trinajstić information content (AvgIpc) is 2.17. The second-order valence-corrected chi connectivity index (χ2v) is 3.63. The van der Waals surface area contributed by atoms with E-state index in [1.807, 2.05) is 18.2 Å². The summed E-state index contributed by atoms with van der Waals surface area (Å²) < 4.78 is 1.29. The van der Waals surface area contributed by atoms with Crippen molar-refractivity contribution in [3.05, 3.63) is 57.2 Å². The smallest absolute Gasteiger partial charge is 0.250 e. The van der Waals surface area contributed by atoms with Gasteiger partial charge in [-0.05, 0) is 12.1 Å². The quantitative estimate of drug-likeness (QED) is 0.719. The third-order valence-corrected chi connectivity index (χ3v) is 2.33. The molecule has 1 heterocycles. The first kappa shape index (κ1) is 10.2. The Hall–Kier alpha value is -1.32. The van der Waals surface area contributed by atoms with Crippen molar-refractivity contribution in [1.29, 1.82) is 0 Å². The van der Waals surface area contributed by atoms with Gasteiger partial charge in [0.2, 0.25) is 0 Å². The second kappa shape index (κ2) is 4.04. The maximum Gasteiger partial charge on any atom is 0.354 e. The molecule has 0 aliphatic rings. The summed E-state index contributed by atoms with van der Waals surface area (Å²) in [6.45, 7) is 0. The van der Waals surface area contributed by atoms with Gasteiger partial charge in [-0.25, -0.2) is 4.79 Å². The van der Waals surface area contributed by atoms with Crippen molar-refractivity contribution in [2.45, 2.75) is 0 Å². The van der Waals surface area contributed by atoms with E-state index >= 15 is 0 Å². The maximum atomic E-state index is 11.5. The van der Waals surface area contributed by atoms with Gasteiger partial charge in [0.05, 0.1) is 5.69 Å². The summed E-state index contributed by atoms with van der Waals surface area (Å²) in [5.74, 6) is 0. The predicted molar refractivity (Wildman–Crippen MR) is 59.9 cm³/mol. The van der Waals surface area contributed by atoms with Crippen LogP contribution in [-0.4, -0.2) is 9.55 Å². The molecule has 0 unspecified atom stereocenters. The molecule has 1 aromatic heterocycles. The van der Waals surface area contributed by atoms with Crippen molar-refractivity contribution < 1.29 is 0 Å². The lowest BCUT2D eigenvalue weighted by Gasteiger charge is -2.06. The Morgan fingerprint density at radius 2 is 1.80 bits per heavy atom. The van der Waals surface area contributed by atoms with Crippen LogP contribution < -0.4 is 5.69 Å². The van der Waals surface area contributed by atoms with E-state index in [2.05, 4.69) is 4.98 Å². The molecule has 0 saturated heterocycles. The Morgan fingerprint density at radius 3 is 2.40 bits per heavy atom. The van der Waals surface area contributed by atoms with Gasteiger partial charge >= 0.3 is 5.69 Å². The number of aromatic nitrogens is 2. The van der Waals surface area contributed by atoms with E-state index < -0.39 is 5.69 Å². The van der Waals surface area contributed by atoms with Crippen LogP contribution in [0.3, 0.4) is 0 Å². The van der Waals surface area contributed by atoms with Crippen molar-refractivity contribution in [1.82, 2.24) is 9.55 Å². The van der Waals surface area contributed by atoms with Crippen LogP contribution in [0.4, 0.5) is 0 Å². The van der Waals surface area contributed by atoms with Crippen molar-refractivity contribution in [3.8, 4) is 5.69 Å². The minimum Gasteiger partial charge on any atom is -0.250 e. The van der Waals surface area contributed by atoms with Crippen LogP contribution in [0.5, 0.6) is 0 Å². The number of rotatable bonds is 1. The predicted octanol–water partition coefficient (Wildman–Crippen LogP) is 2.54. The molecule has 0 spiro atoms. The van der Waals surface area contributed by atoms with Crippen LogP contribution in [0.2, 0.25) is 10.3 Å². The fourth-order valence-electron chi connectivity index (χ4n) is 1.24. The molecule has 5 heteroatoms. The van der Waals surface area contributed by atoms with E-state index in [-0.39, 0.29) is 10.3 Å². The fraction of sp³-hybridized carbons (Fsp3) is 0. The Balaban J connectivity index is 2.69. The first-order valence-corrected chi connectivity index (χ1v) is 4.94. The van der Waals surface area contributed by atoms with Crippen molar-refractivity contribution in [3.63, 3.8) is 0 Å². The molecular formula is C10H6Cl2N2O. The van der Waals surface area contributed by atoms with Crippen molar-refractivity contribution in [2.75, 3.05) is 0 Å². The number of para-hydroxylation sites is 1. The van der Waals surface area contributed by atoms with E-state index in [4.69, 9.17) is 23.2 Å². The van der Waals surface area contributed by atoms with Crippen molar-refractivity contribution in [2.24, 2.45) is 0 Å². The normalized spacial score (nSPS) is 10.3. The molecule has 0 bridgehead atoms. The Labute approximate surface area is 95.9 Å². The van der Waals surface area contributed by atoms with Gasteiger partial charge in [0.15, 0.2) is 0 Å². The molecule has 0 fully saturated rings. The molecule has 15 heavy (non-hydrogen) atoms. The van der Waals surface area contributed by atoms with Gasteiger partial charge in [-0.15, -0.1) is 0 Å². The average molecular weight is 241 g/mol. The molecule has 2 aromatic rings. The van der Waals surface area contributed by atoms with E-state index in [0.29, 0.717) is 5.69 Å². The highest BCUT2D eigenvalue weighted by Crippen LogP contribution is 2.15. The van der Waals surface area contributed by atoms with E-state index in [1.54, 1.807) is 12.1 Å². The van der Waals surface area contributed by atoms with Gasteiger partial charge in [-0.1, -0.05) is 41.4 Å².